The Morgan fingerprint density at radius 3 is 2.00 bits per heavy atom. The Hall–Kier alpha value is -3.13. The monoisotopic (exact) mass is 383 g/mol. The van der Waals surface area contributed by atoms with Crippen LogP contribution in [0.25, 0.3) is 6.08 Å². The van der Waals surface area contributed by atoms with Crippen molar-refractivity contribution >= 4 is 12.0 Å². The summed E-state index contributed by atoms with van der Waals surface area (Å²) in [6.45, 7) is 8.65. The van der Waals surface area contributed by atoms with Crippen molar-refractivity contribution in [1.29, 1.82) is 0 Å². The van der Waals surface area contributed by atoms with E-state index in [-0.39, 0.29) is 17.4 Å². The van der Waals surface area contributed by atoms with Gasteiger partial charge in [0.05, 0.1) is 6.04 Å². The van der Waals surface area contributed by atoms with E-state index < -0.39 is 0 Å². The summed E-state index contributed by atoms with van der Waals surface area (Å²) < 4.78 is 0. The molecule has 2 heteroatoms. The molecule has 3 aromatic rings. The van der Waals surface area contributed by atoms with Crippen molar-refractivity contribution in [3.8, 4) is 0 Å². The summed E-state index contributed by atoms with van der Waals surface area (Å²) in [7, 11) is 0. The molecule has 0 fully saturated rings. The average Bonchev–Trinajstić information content (AvgIpc) is 2.71. The van der Waals surface area contributed by atoms with Crippen molar-refractivity contribution in [3.63, 3.8) is 0 Å². The summed E-state index contributed by atoms with van der Waals surface area (Å²) in [6, 6.07) is 26.5. The number of benzene rings is 3. The highest BCUT2D eigenvalue weighted by Crippen LogP contribution is 2.23. The zero-order chi connectivity index (χ0) is 20.9. The fraction of sp³-hybridized carbons (Fsp3) is 0.222. The first-order chi connectivity index (χ1) is 13.8. The van der Waals surface area contributed by atoms with Crippen LogP contribution in [-0.4, -0.2) is 5.91 Å². The van der Waals surface area contributed by atoms with Gasteiger partial charge in [-0.05, 0) is 40.7 Å². The normalized spacial score (nSPS) is 12.7. The van der Waals surface area contributed by atoms with Crippen molar-refractivity contribution in [2.75, 3.05) is 0 Å². The van der Waals surface area contributed by atoms with Crippen molar-refractivity contribution in [2.45, 2.75) is 39.2 Å². The van der Waals surface area contributed by atoms with Crippen LogP contribution in [0.4, 0.5) is 0 Å². The maximum atomic E-state index is 12.7. The molecule has 1 amide bonds. The number of carbonyl (C=O) groups is 1. The van der Waals surface area contributed by atoms with Gasteiger partial charge in [-0.3, -0.25) is 4.79 Å². The van der Waals surface area contributed by atoms with E-state index in [1.165, 1.54) is 11.1 Å². The van der Waals surface area contributed by atoms with Gasteiger partial charge in [0.2, 0.25) is 5.91 Å². The van der Waals surface area contributed by atoms with E-state index in [2.05, 4.69) is 81.5 Å². The summed E-state index contributed by atoms with van der Waals surface area (Å²) >= 11 is 0. The molecule has 0 unspecified atom stereocenters. The quantitative estimate of drug-likeness (QED) is 0.521. The second-order valence-electron chi connectivity index (χ2n) is 8.47. The van der Waals surface area contributed by atoms with Crippen LogP contribution in [0.3, 0.4) is 0 Å². The molecule has 1 atom stereocenters. The number of aryl methyl sites for hydroxylation is 1. The highest BCUT2D eigenvalue weighted by Gasteiger charge is 2.16. The molecule has 0 saturated carbocycles. The summed E-state index contributed by atoms with van der Waals surface area (Å²) in [5, 5.41) is 3.15. The molecule has 0 aromatic heterocycles. The number of rotatable bonds is 5. The lowest BCUT2D eigenvalue weighted by Gasteiger charge is -2.19. The summed E-state index contributed by atoms with van der Waals surface area (Å²) in [6.07, 6.45) is 3.47. The highest BCUT2D eigenvalue weighted by atomic mass is 16.1. The summed E-state index contributed by atoms with van der Waals surface area (Å²) in [4.78, 5) is 12.7. The fourth-order valence-corrected chi connectivity index (χ4v) is 3.22. The van der Waals surface area contributed by atoms with Gasteiger partial charge >= 0.3 is 0 Å². The van der Waals surface area contributed by atoms with Gasteiger partial charge in [0.1, 0.15) is 0 Å². The Kier molecular flexibility index (Phi) is 6.33. The van der Waals surface area contributed by atoms with Gasteiger partial charge in [-0.15, -0.1) is 0 Å². The molecule has 1 N–H and O–H groups in total. The van der Waals surface area contributed by atoms with Gasteiger partial charge in [0.25, 0.3) is 0 Å². The minimum Gasteiger partial charge on any atom is -0.342 e. The van der Waals surface area contributed by atoms with Crippen LogP contribution in [-0.2, 0) is 10.2 Å². The molecule has 0 radical (unpaired) electrons. The first-order valence-corrected chi connectivity index (χ1v) is 10.0. The van der Waals surface area contributed by atoms with Crippen LogP contribution < -0.4 is 5.32 Å². The van der Waals surface area contributed by atoms with E-state index in [4.69, 9.17) is 0 Å². The van der Waals surface area contributed by atoms with Gasteiger partial charge in [0, 0.05) is 6.08 Å². The van der Waals surface area contributed by atoms with E-state index >= 15 is 0 Å². The topological polar surface area (TPSA) is 29.1 Å². The third-order valence-corrected chi connectivity index (χ3v) is 5.03. The van der Waals surface area contributed by atoms with Gasteiger partial charge in [-0.1, -0.05) is 105 Å². The molecule has 3 aromatic carbocycles. The summed E-state index contributed by atoms with van der Waals surface area (Å²) in [5.41, 5.74) is 5.75. The second kappa shape index (κ2) is 8.91. The van der Waals surface area contributed by atoms with Gasteiger partial charge in [0.15, 0.2) is 0 Å². The molecular weight excluding hydrogens is 354 g/mol. The van der Waals surface area contributed by atoms with E-state index in [0.717, 1.165) is 16.7 Å². The average molecular weight is 384 g/mol. The number of nitrogens with one attached hydrogen (secondary N) is 1. The summed E-state index contributed by atoms with van der Waals surface area (Å²) in [5.74, 6) is -0.112. The molecule has 0 spiro atoms. The molecule has 0 heterocycles. The smallest absolute Gasteiger partial charge is 0.244 e. The minimum atomic E-state index is -0.183. The maximum absolute atomic E-state index is 12.7. The van der Waals surface area contributed by atoms with Crippen molar-refractivity contribution < 1.29 is 4.79 Å². The molecule has 29 heavy (non-hydrogen) atoms. The highest BCUT2D eigenvalue weighted by molar-refractivity contribution is 5.92. The zero-order valence-corrected chi connectivity index (χ0v) is 17.6. The largest absolute Gasteiger partial charge is 0.342 e. The third kappa shape index (κ3) is 5.68. The molecule has 0 aliphatic heterocycles. The Labute approximate surface area is 174 Å². The SMILES string of the molecule is Cc1ccc([C@H](NC(=O)/C=C/c2ccc(C(C)(C)C)cc2)c2ccccc2)cc1. The molecular formula is C27H29NO. The Balaban J connectivity index is 1.76. The van der Waals surface area contributed by atoms with Crippen LogP contribution >= 0.6 is 0 Å². The standard InChI is InChI=1S/C27H29NO/c1-20-10-15-23(16-11-20)26(22-8-6-5-7-9-22)28-25(29)19-14-21-12-17-24(18-13-21)27(2,3)4/h5-19,26H,1-4H3,(H,28,29)/b19-14+/t26-/m1/s1. The zero-order valence-electron chi connectivity index (χ0n) is 17.6. The van der Waals surface area contributed by atoms with Crippen molar-refractivity contribution in [2.24, 2.45) is 0 Å². The fourth-order valence-electron chi connectivity index (χ4n) is 3.22. The Morgan fingerprint density at radius 1 is 0.828 bits per heavy atom. The van der Waals surface area contributed by atoms with Gasteiger partial charge in [-0.25, -0.2) is 0 Å². The molecule has 0 aliphatic rings. The van der Waals surface area contributed by atoms with Gasteiger partial charge in [-0.2, -0.15) is 0 Å². The van der Waals surface area contributed by atoms with Crippen molar-refractivity contribution in [1.82, 2.24) is 5.32 Å². The number of hydrogen-bond donors (Lipinski definition) is 1. The van der Waals surface area contributed by atoms with Crippen LogP contribution in [0, 0.1) is 6.92 Å². The lowest BCUT2D eigenvalue weighted by atomic mass is 9.87. The lowest BCUT2D eigenvalue weighted by molar-refractivity contribution is -0.116. The van der Waals surface area contributed by atoms with Crippen LogP contribution in [0.15, 0.2) is 84.9 Å². The van der Waals surface area contributed by atoms with Crippen LogP contribution in [0.5, 0.6) is 0 Å². The molecule has 2 nitrogen and oxygen atoms in total. The van der Waals surface area contributed by atoms with E-state index in [1.54, 1.807) is 6.08 Å². The second-order valence-corrected chi connectivity index (χ2v) is 8.47. The van der Waals surface area contributed by atoms with E-state index in [1.807, 2.05) is 36.4 Å². The first-order valence-electron chi connectivity index (χ1n) is 10.0. The predicted molar refractivity (Wildman–Crippen MR) is 122 cm³/mol. The van der Waals surface area contributed by atoms with Crippen LogP contribution in [0.2, 0.25) is 0 Å². The minimum absolute atomic E-state index is 0.112. The Morgan fingerprint density at radius 2 is 1.41 bits per heavy atom. The lowest BCUT2D eigenvalue weighted by Crippen LogP contribution is -2.27. The molecule has 0 saturated heterocycles. The third-order valence-electron chi connectivity index (χ3n) is 5.03. The Bertz CT molecular complexity index is 962. The van der Waals surface area contributed by atoms with Gasteiger partial charge < -0.3 is 5.32 Å². The number of amides is 1. The number of hydrogen-bond acceptors (Lipinski definition) is 1. The molecule has 148 valence electrons. The maximum Gasteiger partial charge on any atom is 0.244 e. The predicted octanol–water partition coefficient (Wildman–Crippen LogP) is 6.21. The van der Waals surface area contributed by atoms with E-state index in [0.29, 0.717) is 0 Å². The number of carbonyl (C=O) groups excluding carboxylic acids is 1. The van der Waals surface area contributed by atoms with Crippen LogP contribution in [0.1, 0.15) is 54.6 Å². The molecule has 0 bridgehead atoms. The van der Waals surface area contributed by atoms with Crippen molar-refractivity contribution in [3.05, 3.63) is 113 Å². The molecule has 3 rings (SSSR count). The first kappa shape index (κ1) is 20.6. The molecule has 0 aliphatic carbocycles. The van der Waals surface area contributed by atoms with E-state index in [9.17, 15) is 4.79 Å².